The fourth-order valence-corrected chi connectivity index (χ4v) is 4.68. The number of halogens is 2. The van der Waals surface area contributed by atoms with E-state index in [-0.39, 0.29) is 5.91 Å². The number of fused-ring (bicyclic) bond motifs is 1. The summed E-state index contributed by atoms with van der Waals surface area (Å²) in [6.45, 7) is 1.26. The van der Waals surface area contributed by atoms with Gasteiger partial charge in [-0.05, 0) is 48.0 Å². The Kier molecular flexibility index (Phi) is 6.82. The van der Waals surface area contributed by atoms with E-state index in [0.717, 1.165) is 10.2 Å². The molecule has 1 amide bonds. The topological polar surface area (TPSA) is 34.0 Å². The Labute approximate surface area is 193 Å². The van der Waals surface area contributed by atoms with Crippen molar-refractivity contribution in [3.63, 3.8) is 0 Å². The molecule has 4 aromatic rings. The van der Waals surface area contributed by atoms with Gasteiger partial charge in [-0.2, -0.15) is 0 Å². The molecule has 1 aromatic heterocycles. The van der Waals surface area contributed by atoms with Crippen molar-refractivity contribution in [1.29, 1.82) is 0 Å². The van der Waals surface area contributed by atoms with E-state index in [1.807, 2.05) is 17.8 Å². The minimum atomic E-state index is -0.0898. The van der Waals surface area contributed by atoms with E-state index in [0.29, 0.717) is 23.7 Å². The maximum Gasteiger partial charge on any atom is 0.251 e. The molecule has 0 aliphatic heterocycles. The molecule has 0 saturated carbocycles. The molecule has 3 aromatic carbocycles. The third-order valence-corrected chi connectivity index (χ3v) is 6.70. The Morgan fingerprint density at radius 3 is 2.50 bits per heavy atom. The van der Waals surface area contributed by atoms with Gasteiger partial charge in [0.05, 0.1) is 0 Å². The van der Waals surface area contributed by atoms with Crippen LogP contribution in [0.2, 0.25) is 5.02 Å². The van der Waals surface area contributed by atoms with Crippen LogP contribution in [0.4, 0.5) is 0 Å². The second-order valence-corrected chi connectivity index (χ2v) is 9.25. The molecule has 0 aliphatic carbocycles. The molecular formula is C24H20BrClN2OS. The zero-order chi connectivity index (χ0) is 20.9. The summed E-state index contributed by atoms with van der Waals surface area (Å²) in [7, 11) is 0. The number of hydrogen-bond acceptors (Lipinski definition) is 2. The van der Waals surface area contributed by atoms with Gasteiger partial charge < -0.3 is 9.88 Å². The van der Waals surface area contributed by atoms with E-state index in [1.54, 1.807) is 24.3 Å². The van der Waals surface area contributed by atoms with Crippen LogP contribution in [0.1, 0.15) is 15.9 Å². The van der Waals surface area contributed by atoms with Crippen molar-refractivity contribution in [3.05, 3.63) is 99.6 Å². The van der Waals surface area contributed by atoms with Gasteiger partial charge in [0.15, 0.2) is 0 Å². The van der Waals surface area contributed by atoms with Gasteiger partial charge in [-0.15, -0.1) is 11.8 Å². The molecule has 0 fully saturated rings. The summed E-state index contributed by atoms with van der Waals surface area (Å²) in [6, 6.07) is 23.8. The number of para-hydroxylation sites is 1. The molecule has 0 spiro atoms. The van der Waals surface area contributed by atoms with Crippen molar-refractivity contribution >= 4 is 56.1 Å². The van der Waals surface area contributed by atoms with Gasteiger partial charge in [0, 0.05) is 55.9 Å². The lowest BCUT2D eigenvalue weighted by Crippen LogP contribution is -2.27. The van der Waals surface area contributed by atoms with Crippen LogP contribution in [0.25, 0.3) is 10.9 Å². The van der Waals surface area contributed by atoms with Crippen molar-refractivity contribution in [1.82, 2.24) is 9.88 Å². The summed E-state index contributed by atoms with van der Waals surface area (Å²) in [4.78, 5) is 13.6. The van der Waals surface area contributed by atoms with E-state index >= 15 is 0 Å². The van der Waals surface area contributed by atoms with Gasteiger partial charge in [0.2, 0.25) is 0 Å². The first-order chi connectivity index (χ1) is 14.6. The average Bonchev–Trinajstić information content (AvgIpc) is 3.12. The van der Waals surface area contributed by atoms with E-state index in [2.05, 4.69) is 74.5 Å². The first kappa shape index (κ1) is 21.0. The molecule has 0 saturated heterocycles. The van der Waals surface area contributed by atoms with Crippen molar-refractivity contribution < 1.29 is 4.79 Å². The van der Waals surface area contributed by atoms with Crippen LogP contribution in [0, 0.1) is 0 Å². The predicted octanol–water partition coefficient (Wildman–Crippen LogP) is 6.78. The molecule has 1 heterocycles. The Morgan fingerprint density at radius 2 is 1.73 bits per heavy atom. The monoisotopic (exact) mass is 498 g/mol. The van der Waals surface area contributed by atoms with Crippen LogP contribution >= 0.6 is 39.3 Å². The maximum atomic E-state index is 12.3. The highest BCUT2D eigenvalue weighted by atomic mass is 79.9. The Balaban J connectivity index is 1.43. The van der Waals surface area contributed by atoms with Gasteiger partial charge in [-0.1, -0.05) is 57.9 Å². The first-order valence-corrected chi connectivity index (χ1v) is 11.7. The Bertz CT molecular complexity index is 1160. The SMILES string of the molecule is O=C(NCCn1cc(SCc2ccc(Br)cc2)c2ccccc21)c1ccc(Cl)cc1. The molecule has 0 aliphatic rings. The van der Waals surface area contributed by atoms with Gasteiger partial charge in [0.1, 0.15) is 0 Å². The highest BCUT2D eigenvalue weighted by molar-refractivity contribution is 9.10. The first-order valence-electron chi connectivity index (χ1n) is 9.59. The minimum absolute atomic E-state index is 0.0898. The second-order valence-electron chi connectivity index (χ2n) is 6.88. The molecule has 1 N–H and O–H groups in total. The maximum absolute atomic E-state index is 12.3. The van der Waals surface area contributed by atoms with E-state index in [4.69, 9.17) is 11.6 Å². The number of rotatable bonds is 7. The lowest BCUT2D eigenvalue weighted by atomic mass is 10.2. The Morgan fingerprint density at radius 1 is 1.00 bits per heavy atom. The van der Waals surface area contributed by atoms with Gasteiger partial charge in [-0.25, -0.2) is 0 Å². The normalized spacial score (nSPS) is 11.0. The number of aromatic nitrogens is 1. The second kappa shape index (κ2) is 9.73. The summed E-state index contributed by atoms with van der Waals surface area (Å²) in [5.74, 6) is 0.821. The van der Waals surface area contributed by atoms with Crippen molar-refractivity contribution in [2.45, 2.75) is 17.2 Å². The van der Waals surface area contributed by atoms with Crippen molar-refractivity contribution in [2.75, 3.05) is 6.54 Å². The largest absolute Gasteiger partial charge is 0.350 e. The number of nitrogens with one attached hydrogen (secondary N) is 1. The number of amides is 1. The molecule has 6 heteroatoms. The third kappa shape index (κ3) is 5.09. The molecule has 30 heavy (non-hydrogen) atoms. The van der Waals surface area contributed by atoms with Gasteiger partial charge >= 0.3 is 0 Å². The fraction of sp³-hybridized carbons (Fsp3) is 0.125. The number of carbonyl (C=O) groups excluding carboxylic acids is 1. The van der Waals surface area contributed by atoms with E-state index in [9.17, 15) is 4.79 Å². The highest BCUT2D eigenvalue weighted by Gasteiger charge is 2.10. The van der Waals surface area contributed by atoms with E-state index in [1.165, 1.54) is 21.4 Å². The fourth-order valence-electron chi connectivity index (χ4n) is 3.25. The van der Waals surface area contributed by atoms with Gasteiger partial charge in [-0.3, -0.25) is 4.79 Å². The number of hydrogen-bond donors (Lipinski definition) is 1. The summed E-state index contributed by atoms with van der Waals surface area (Å²) >= 11 is 11.2. The van der Waals surface area contributed by atoms with E-state index < -0.39 is 0 Å². The molecule has 0 atom stereocenters. The summed E-state index contributed by atoms with van der Waals surface area (Å²) in [5.41, 5.74) is 3.08. The third-order valence-electron chi connectivity index (χ3n) is 4.80. The molecule has 152 valence electrons. The average molecular weight is 500 g/mol. The van der Waals surface area contributed by atoms with Crippen LogP contribution in [0.15, 0.2) is 88.4 Å². The molecular weight excluding hydrogens is 480 g/mol. The predicted molar refractivity (Wildman–Crippen MR) is 129 cm³/mol. The van der Waals surface area contributed by atoms with Crippen LogP contribution in [0.3, 0.4) is 0 Å². The standard InChI is InChI=1S/C24H20BrClN2OS/c25-19-9-5-17(6-10-19)16-30-23-15-28(22-4-2-1-3-21(22)23)14-13-27-24(29)18-7-11-20(26)12-8-18/h1-12,15H,13-14,16H2,(H,27,29). The molecule has 0 radical (unpaired) electrons. The van der Waals surface area contributed by atoms with Gasteiger partial charge in [0.25, 0.3) is 5.91 Å². The molecule has 4 rings (SSSR count). The van der Waals surface area contributed by atoms with Crippen LogP contribution in [-0.4, -0.2) is 17.0 Å². The number of thioether (sulfide) groups is 1. The lowest BCUT2D eigenvalue weighted by molar-refractivity contribution is 0.0952. The summed E-state index contributed by atoms with van der Waals surface area (Å²) in [6.07, 6.45) is 2.18. The minimum Gasteiger partial charge on any atom is -0.350 e. The number of nitrogens with zero attached hydrogens (tertiary/aromatic N) is 1. The highest BCUT2D eigenvalue weighted by Crippen LogP contribution is 2.32. The number of benzene rings is 3. The zero-order valence-electron chi connectivity index (χ0n) is 16.1. The van der Waals surface area contributed by atoms with Crippen LogP contribution < -0.4 is 5.32 Å². The summed E-state index contributed by atoms with van der Waals surface area (Å²) in [5, 5.41) is 4.85. The van der Waals surface area contributed by atoms with Crippen molar-refractivity contribution in [2.24, 2.45) is 0 Å². The quantitative estimate of drug-likeness (QED) is 0.284. The van der Waals surface area contributed by atoms with Crippen LogP contribution in [-0.2, 0) is 12.3 Å². The molecule has 0 bridgehead atoms. The zero-order valence-corrected chi connectivity index (χ0v) is 19.3. The smallest absolute Gasteiger partial charge is 0.251 e. The number of carbonyl (C=O) groups is 1. The summed E-state index contributed by atoms with van der Waals surface area (Å²) < 4.78 is 3.30. The van der Waals surface area contributed by atoms with Crippen LogP contribution in [0.5, 0.6) is 0 Å². The molecule has 3 nitrogen and oxygen atoms in total. The Hall–Kier alpha value is -2.21. The lowest BCUT2D eigenvalue weighted by Gasteiger charge is -2.08. The molecule has 0 unspecified atom stereocenters. The van der Waals surface area contributed by atoms with Crippen molar-refractivity contribution in [3.8, 4) is 0 Å².